The van der Waals surface area contributed by atoms with Crippen LogP contribution in [0.1, 0.15) is 0 Å². The van der Waals surface area contributed by atoms with Crippen LogP contribution in [-0.2, 0) is 6.67 Å². The molecule has 1 aliphatic heterocycles. The SMILES string of the molecule is O=c1oc(-c2ccc(F)cc2)nn1CN1CCN(c2ccccc2Cl)CC1. The lowest BCUT2D eigenvalue weighted by atomic mass is 10.2. The quantitative estimate of drug-likeness (QED) is 0.687. The molecule has 1 fully saturated rings. The third-order valence-electron chi connectivity index (χ3n) is 4.60. The van der Waals surface area contributed by atoms with Gasteiger partial charge in [0.15, 0.2) is 0 Å². The van der Waals surface area contributed by atoms with Crippen LogP contribution in [0.4, 0.5) is 10.1 Å². The molecule has 8 heteroatoms. The molecule has 2 heterocycles. The molecule has 1 saturated heterocycles. The highest BCUT2D eigenvalue weighted by molar-refractivity contribution is 6.33. The molecule has 0 aliphatic carbocycles. The van der Waals surface area contributed by atoms with Crippen LogP contribution in [0.15, 0.2) is 57.7 Å². The van der Waals surface area contributed by atoms with Crippen molar-refractivity contribution in [1.29, 1.82) is 0 Å². The van der Waals surface area contributed by atoms with Gasteiger partial charge in [-0.2, -0.15) is 4.68 Å². The summed E-state index contributed by atoms with van der Waals surface area (Å²) in [7, 11) is 0. The summed E-state index contributed by atoms with van der Waals surface area (Å²) < 4.78 is 19.5. The minimum Gasteiger partial charge on any atom is -0.388 e. The van der Waals surface area contributed by atoms with E-state index in [-0.39, 0.29) is 11.7 Å². The van der Waals surface area contributed by atoms with Crippen molar-refractivity contribution in [3.8, 4) is 11.5 Å². The summed E-state index contributed by atoms with van der Waals surface area (Å²) in [6.45, 7) is 3.51. The van der Waals surface area contributed by atoms with E-state index in [1.54, 1.807) is 0 Å². The Kier molecular flexibility index (Phi) is 4.96. The predicted octanol–water partition coefficient (Wildman–Crippen LogP) is 3.08. The van der Waals surface area contributed by atoms with E-state index in [1.165, 1.54) is 28.9 Å². The number of halogens is 2. The Hall–Kier alpha value is -2.64. The normalized spacial score (nSPS) is 15.3. The Balaban J connectivity index is 1.41. The zero-order chi connectivity index (χ0) is 18.8. The van der Waals surface area contributed by atoms with E-state index < -0.39 is 5.76 Å². The van der Waals surface area contributed by atoms with E-state index in [1.807, 2.05) is 24.3 Å². The van der Waals surface area contributed by atoms with Gasteiger partial charge in [-0.1, -0.05) is 23.7 Å². The first kappa shape index (κ1) is 17.8. The largest absolute Gasteiger partial charge is 0.438 e. The van der Waals surface area contributed by atoms with Crippen LogP contribution in [0.3, 0.4) is 0 Å². The maximum absolute atomic E-state index is 13.0. The maximum atomic E-state index is 13.0. The Bertz CT molecular complexity index is 978. The molecule has 2 aromatic carbocycles. The van der Waals surface area contributed by atoms with Crippen molar-refractivity contribution in [1.82, 2.24) is 14.7 Å². The van der Waals surface area contributed by atoms with E-state index in [4.69, 9.17) is 16.0 Å². The Morgan fingerprint density at radius 3 is 2.44 bits per heavy atom. The fourth-order valence-electron chi connectivity index (χ4n) is 3.13. The van der Waals surface area contributed by atoms with Gasteiger partial charge >= 0.3 is 5.76 Å². The number of benzene rings is 2. The van der Waals surface area contributed by atoms with Crippen LogP contribution in [0, 0.1) is 5.82 Å². The Morgan fingerprint density at radius 1 is 1.04 bits per heavy atom. The topological polar surface area (TPSA) is 54.5 Å². The summed E-state index contributed by atoms with van der Waals surface area (Å²) >= 11 is 6.27. The molecule has 4 rings (SSSR count). The molecular weight excluding hydrogens is 371 g/mol. The minimum atomic E-state index is -0.525. The molecule has 6 nitrogen and oxygen atoms in total. The second kappa shape index (κ2) is 7.54. The van der Waals surface area contributed by atoms with Crippen LogP contribution < -0.4 is 10.7 Å². The Labute approximate surface area is 160 Å². The third-order valence-corrected chi connectivity index (χ3v) is 4.92. The smallest absolute Gasteiger partial charge is 0.388 e. The number of nitrogens with zero attached hydrogens (tertiary/aromatic N) is 4. The van der Waals surface area contributed by atoms with Crippen molar-refractivity contribution in [2.45, 2.75) is 6.67 Å². The van der Waals surface area contributed by atoms with Gasteiger partial charge in [-0.25, -0.2) is 9.18 Å². The van der Waals surface area contributed by atoms with Crippen LogP contribution in [0.5, 0.6) is 0 Å². The molecule has 140 valence electrons. The van der Waals surface area contributed by atoms with Crippen molar-refractivity contribution >= 4 is 17.3 Å². The van der Waals surface area contributed by atoms with E-state index in [0.717, 1.165) is 36.9 Å². The lowest BCUT2D eigenvalue weighted by Crippen LogP contribution is -2.47. The molecule has 0 N–H and O–H groups in total. The van der Waals surface area contributed by atoms with Crippen LogP contribution in [0.2, 0.25) is 5.02 Å². The highest BCUT2D eigenvalue weighted by Crippen LogP contribution is 2.26. The molecule has 1 aliphatic rings. The van der Waals surface area contributed by atoms with Crippen LogP contribution in [-0.4, -0.2) is 40.9 Å². The first-order chi connectivity index (χ1) is 13.1. The zero-order valence-electron chi connectivity index (χ0n) is 14.5. The monoisotopic (exact) mass is 388 g/mol. The first-order valence-corrected chi connectivity index (χ1v) is 9.04. The first-order valence-electron chi connectivity index (χ1n) is 8.66. The van der Waals surface area contributed by atoms with Crippen molar-refractivity contribution in [2.75, 3.05) is 31.1 Å². The number of para-hydroxylation sites is 1. The fraction of sp³-hybridized carbons (Fsp3) is 0.263. The summed E-state index contributed by atoms with van der Waals surface area (Å²) in [4.78, 5) is 16.5. The van der Waals surface area contributed by atoms with Gasteiger partial charge in [0.05, 0.1) is 10.7 Å². The average Bonchev–Trinajstić information content (AvgIpc) is 3.04. The second-order valence-corrected chi connectivity index (χ2v) is 6.78. The van der Waals surface area contributed by atoms with Gasteiger partial charge in [0.25, 0.3) is 0 Å². The standard InChI is InChI=1S/C19H18ClFN4O2/c20-16-3-1-2-4-17(16)24-11-9-23(10-12-24)13-25-19(26)27-18(22-25)14-5-7-15(21)8-6-14/h1-8H,9-13H2. The highest BCUT2D eigenvalue weighted by Gasteiger charge is 2.20. The summed E-state index contributed by atoms with van der Waals surface area (Å²) in [6.07, 6.45) is 0. The van der Waals surface area contributed by atoms with Gasteiger partial charge in [0, 0.05) is 31.7 Å². The Morgan fingerprint density at radius 2 is 1.74 bits per heavy atom. The number of rotatable bonds is 4. The van der Waals surface area contributed by atoms with Gasteiger partial charge in [-0.05, 0) is 36.4 Å². The third kappa shape index (κ3) is 3.89. The number of hydrogen-bond donors (Lipinski definition) is 0. The van der Waals surface area contributed by atoms with Crippen LogP contribution >= 0.6 is 11.6 Å². The molecule has 0 spiro atoms. The molecule has 3 aromatic rings. The van der Waals surface area contributed by atoms with E-state index in [9.17, 15) is 9.18 Å². The summed E-state index contributed by atoms with van der Waals surface area (Å²) in [6, 6.07) is 13.5. The van der Waals surface area contributed by atoms with E-state index >= 15 is 0 Å². The summed E-state index contributed by atoms with van der Waals surface area (Å²) in [5, 5.41) is 4.97. The van der Waals surface area contributed by atoms with Gasteiger partial charge in [-0.15, -0.1) is 5.10 Å². The highest BCUT2D eigenvalue weighted by atomic mass is 35.5. The predicted molar refractivity (Wildman–Crippen MR) is 101 cm³/mol. The van der Waals surface area contributed by atoms with Crippen molar-refractivity contribution in [3.63, 3.8) is 0 Å². The maximum Gasteiger partial charge on any atom is 0.438 e. The lowest BCUT2D eigenvalue weighted by molar-refractivity contribution is 0.189. The number of hydrogen-bond acceptors (Lipinski definition) is 5. The molecular formula is C19H18ClFN4O2. The molecule has 27 heavy (non-hydrogen) atoms. The molecule has 0 atom stereocenters. The van der Waals surface area contributed by atoms with Crippen LogP contribution in [0.25, 0.3) is 11.5 Å². The van der Waals surface area contributed by atoms with Crippen molar-refractivity contribution in [2.24, 2.45) is 0 Å². The fourth-order valence-corrected chi connectivity index (χ4v) is 3.39. The molecule has 0 radical (unpaired) electrons. The zero-order valence-corrected chi connectivity index (χ0v) is 15.3. The van der Waals surface area contributed by atoms with E-state index in [0.29, 0.717) is 12.2 Å². The number of aromatic nitrogens is 2. The molecule has 0 amide bonds. The number of piperazine rings is 1. The van der Waals surface area contributed by atoms with Crippen molar-refractivity contribution < 1.29 is 8.81 Å². The molecule has 0 saturated carbocycles. The summed E-state index contributed by atoms with van der Waals surface area (Å²) in [5.41, 5.74) is 1.59. The van der Waals surface area contributed by atoms with Gasteiger partial charge in [0.1, 0.15) is 12.5 Å². The molecule has 1 aromatic heterocycles. The van der Waals surface area contributed by atoms with Crippen molar-refractivity contribution in [3.05, 3.63) is 69.9 Å². The van der Waals surface area contributed by atoms with Gasteiger partial charge < -0.3 is 9.32 Å². The summed E-state index contributed by atoms with van der Waals surface area (Å²) in [5.74, 6) is -0.686. The average molecular weight is 389 g/mol. The lowest BCUT2D eigenvalue weighted by Gasteiger charge is -2.36. The molecule has 0 bridgehead atoms. The van der Waals surface area contributed by atoms with Gasteiger partial charge in [-0.3, -0.25) is 4.90 Å². The number of anilines is 1. The van der Waals surface area contributed by atoms with Gasteiger partial charge in [0.2, 0.25) is 5.89 Å². The second-order valence-electron chi connectivity index (χ2n) is 6.38. The van der Waals surface area contributed by atoms with E-state index in [2.05, 4.69) is 14.9 Å². The minimum absolute atomic E-state index is 0.190. The molecule has 0 unspecified atom stereocenters.